The van der Waals surface area contributed by atoms with Crippen molar-refractivity contribution >= 4 is 22.8 Å². The lowest BCUT2D eigenvalue weighted by atomic mass is 10.1. The highest BCUT2D eigenvalue weighted by Gasteiger charge is 2.23. The molecule has 4 N–H and O–H groups in total. The molecule has 27 heavy (non-hydrogen) atoms. The van der Waals surface area contributed by atoms with Crippen molar-refractivity contribution in [1.82, 2.24) is 10.3 Å². The lowest BCUT2D eigenvalue weighted by Gasteiger charge is -2.12. The Hall–Kier alpha value is -3.33. The number of primary amides is 1. The van der Waals surface area contributed by atoms with Gasteiger partial charge in [0, 0.05) is 5.39 Å². The van der Waals surface area contributed by atoms with Crippen LogP contribution in [-0.2, 0) is 11.4 Å². The standard InChI is InChI=1S/C18H19N3O6/c1-9-15(26-8-20-9)7-25-11-3-4-14-12(5-11)16(10(2)27-14)18(24)21-13(6-22)17(19)23/h3-5,8,13,22H,6-7H2,1-2H3,(H2,19,23)(H,21,24). The van der Waals surface area contributed by atoms with Crippen LogP contribution in [-0.4, -0.2) is 34.6 Å². The van der Waals surface area contributed by atoms with Crippen LogP contribution in [0.15, 0.2) is 33.4 Å². The number of aromatic nitrogens is 1. The van der Waals surface area contributed by atoms with Crippen molar-refractivity contribution in [2.45, 2.75) is 26.5 Å². The fourth-order valence-corrected chi connectivity index (χ4v) is 2.62. The Bertz CT molecular complexity index is 990. The topological polar surface area (TPSA) is 141 Å². The van der Waals surface area contributed by atoms with Crippen LogP contribution in [0.2, 0.25) is 0 Å². The van der Waals surface area contributed by atoms with Gasteiger partial charge in [0.1, 0.15) is 29.7 Å². The predicted octanol–water partition coefficient (Wildman–Crippen LogP) is 1.19. The Kier molecular flexibility index (Phi) is 5.13. The maximum atomic E-state index is 12.6. The van der Waals surface area contributed by atoms with Crippen molar-refractivity contribution in [1.29, 1.82) is 0 Å². The number of furan rings is 1. The minimum Gasteiger partial charge on any atom is -0.486 e. The molecule has 2 amide bonds. The van der Waals surface area contributed by atoms with Crippen molar-refractivity contribution in [3.05, 3.63) is 47.4 Å². The van der Waals surface area contributed by atoms with E-state index in [0.29, 0.717) is 28.2 Å². The van der Waals surface area contributed by atoms with E-state index in [0.717, 1.165) is 5.69 Å². The van der Waals surface area contributed by atoms with Gasteiger partial charge < -0.3 is 29.7 Å². The molecule has 9 nitrogen and oxygen atoms in total. The van der Waals surface area contributed by atoms with E-state index in [1.165, 1.54) is 6.39 Å². The van der Waals surface area contributed by atoms with Gasteiger partial charge in [-0.3, -0.25) is 9.59 Å². The largest absolute Gasteiger partial charge is 0.486 e. The van der Waals surface area contributed by atoms with E-state index in [4.69, 9.17) is 19.3 Å². The van der Waals surface area contributed by atoms with Crippen molar-refractivity contribution in [2.24, 2.45) is 5.73 Å². The molecule has 0 saturated heterocycles. The molecule has 142 valence electrons. The minimum atomic E-state index is -1.18. The third-order valence-corrected chi connectivity index (χ3v) is 4.11. The first-order valence-corrected chi connectivity index (χ1v) is 8.16. The summed E-state index contributed by atoms with van der Waals surface area (Å²) in [6.45, 7) is 3.03. The van der Waals surface area contributed by atoms with Crippen LogP contribution < -0.4 is 15.8 Å². The van der Waals surface area contributed by atoms with E-state index >= 15 is 0 Å². The van der Waals surface area contributed by atoms with Gasteiger partial charge in [-0.1, -0.05) is 0 Å². The molecule has 0 saturated carbocycles. The SMILES string of the molecule is Cc1ncoc1COc1ccc2oc(C)c(C(=O)NC(CO)C(N)=O)c2c1. The summed E-state index contributed by atoms with van der Waals surface area (Å²) >= 11 is 0. The number of carbonyl (C=O) groups is 2. The summed E-state index contributed by atoms with van der Waals surface area (Å²) in [5.41, 5.74) is 6.61. The zero-order valence-electron chi connectivity index (χ0n) is 14.8. The van der Waals surface area contributed by atoms with E-state index in [2.05, 4.69) is 10.3 Å². The van der Waals surface area contributed by atoms with Crippen LogP contribution in [0, 0.1) is 13.8 Å². The van der Waals surface area contributed by atoms with Crippen LogP contribution >= 0.6 is 0 Å². The number of hydrogen-bond acceptors (Lipinski definition) is 7. The van der Waals surface area contributed by atoms with Crippen molar-refractivity contribution < 1.29 is 28.3 Å². The number of hydrogen-bond donors (Lipinski definition) is 3. The molecule has 2 aromatic heterocycles. The molecule has 1 aromatic carbocycles. The molecule has 0 fully saturated rings. The molecule has 0 bridgehead atoms. The Morgan fingerprint density at radius 1 is 1.37 bits per heavy atom. The van der Waals surface area contributed by atoms with Crippen LogP contribution in [0.25, 0.3) is 11.0 Å². The molecule has 3 rings (SSSR count). The molecule has 0 aliphatic rings. The summed E-state index contributed by atoms with van der Waals surface area (Å²) in [5.74, 6) is 0.0624. The second-order valence-corrected chi connectivity index (χ2v) is 5.95. The number of carbonyl (C=O) groups excluding carboxylic acids is 2. The second kappa shape index (κ2) is 7.50. The van der Waals surface area contributed by atoms with Gasteiger partial charge in [0.15, 0.2) is 12.2 Å². The first kappa shape index (κ1) is 18.5. The van der Waals surface area contributed by atoms with Gasteiger partial charge in [0.25, 0.3) is 5.91 Å². The van der Waals surface area contributed by atoms with E-state index in [1.807, 2.05) is 6.92 Å². The van der Waals surface area contributed by atoms with Crippen molar-refractivity contribution in [2.75, 3.05) is 6.61 Å². The normalized spacial score (nSPS) is 12.1. The summed E-state index contributed by atoms with van der Waals surface area (Å²) in [5, 5.41) is 12.1. The van der Waals surface area contributed by atoms with Gasteiger partial charge in [-0.2, -0.15) is 0 Å². The van der Waals surface area contributed by atoms with E-state index in [1.54, 1.807) is 25.1 Å². The number of aliphatic hydroxyl groups excluding tert-OH is 1. The number of rotatable bonds is 7. The number of aryl methyl sites for hydroxylation is 2. The quantitative estimate of drug-likeness (QED) is 0.565. The van der Waals surface area contributed by atoms with E-state index < -0.39 is 24.5 Å². The van der Waals surface area contributed by atoms with Gasteiger partial charge in [-0.05, 0) is 32.0 Å². The Morgan fingerprint density at radius 2 is 2.15 bits per heavy atom. The fraction of sp³-hybridized carbons (Fsp3) is 0.278. The van der Waals surface area contributed by atoms with Crippen LogP contribution in [0.1, 0.15) is 27.6 Å². The van der Waals surface area contributed by atoms with Crippen molar-refractivity contribution in [3.8, 4) is 5.75 Å². The average molecular weight is 373 g/mol. The highest BCUT2D eigenvalue weighted by molar-refractivity contribution is 6.08. The Balaban J connectivity index is 1.87. The summed E-state index contributed by atoms with van der Waals surface area (Å²) in [6.07, 6.45) is 1.34. The molecule has 0 radical (unpaired) electrons. The summed E-state index contributed by atoms with van der Waals surface area (Å²) < 4.78 is 16.5. The van der Waals surface area contributed by atoms with Gasteiger partial charge in [-0.15, -0.1) is 0 Å². The van der Waals surface area contributed by atoms with E-state index in [9.17, 15) is 14.7 Å². The number of benzene rings is 1. The summed E-state index contributed by atoms with van der Waals surface area (Å²) in [4.78, 5) is 27.8. The van der Waals surface area contributed by atoms with Gasteiger partial charge in [0.2, 0.25) is 5.91 Å². The zero-order chi connectivity index (χ0) is 19.6. The minimum absolute atomic E-state index is 0.184. The van der Waals surface area contributed by atoms with Crippen LogP contribution in [0.5, 0.6) is 5.75 Å². The molecule has 9 heteroatoms. The average Bonchev–Trinajstić information content (AvgIpc) is 3.18. The maximum absolute atomic E-state index is 12.6. The maximum Gasteiger partial charge on any atom is 0.256 e. The summed E-state index contributed by atoms with van der Waals surface area (Å²) in [6, 6.07) is 3.86. The van der Waals surface area contributed by atoms with Crippen LogP contribution in [0.4, 0.5) is 0 Å². The number of amides is 2. The molecule has 1 atom stereocenters. The second-order valence-electron chi connectivity index (χ2n) is 5.95. The number of fused-ring (bicyclic) bond motifs is 1. The fourth-order valence-electron chi connectivity index (χ4n) is 2.62. The van der Waals surface area contributed by atoms with Gasteiger partial charge in [0.05, 0.1) is 17.9 Å². The first-order valence-electron chi connectivity index (χ1n) is 8.16. The number of nitrogens with zero attached hydrogens (tertiary/aromatic N) is 1. The smallest absolute Gasteiger partial charge is 0.256 e. The molecule has 0 aliphatic carbocycles. The number of nitrogens with two attached hydrogens (primary N) is 1. The molecule has 2 heterocycles. The number of nitrogens with one attached hydrogen (secondary N) is 1. The van der Waals surface area contributed by atoms with Gasteiger partial charge >= 0.3 is 0 Å². The zero-order valence-corrected chi connectivity index (χ0v) is 14.8. The Morgan fingerprint density at radius 3 is 2.78 bits per heavy atom. The van der Waals surface area contributed by atoms with Gasteiger partial charge in [-0.25, -0.2) is 4.98 Å². The predicted molar refractivity (Wildman–Crippen MR) is 94.1 cm³/mol. The lowest BCUT2D eigenvalue weighted by Crippen LogP contribution is -2.46. The van der Waals surface area contributed by atoms with Crippen molar-refractivity contribution in [3.63, 3.8) is 0 Å². The number of aliphatic hydroxyl groups is 1. The number of oxazole rings is 1. The molecular weight excluding hydrogens is 354 g/mol. The number of ether oxygens (including phenoxy) is 1. The highest BCUT2D eigenvalue weighted by atomic mass is 16.5. The lowest BCUT2D eigenvalue weighted by molar-refractivity contribution is -0.120. The first-order chi connectivity index (χ1) is 12.9. The third-order valence-electron chi connectivity index (χ3n) is 4.11. The Labute approximate surface area is 154 Å². The summed E-state index contributed by atoms with van der Waals surface area (Å²) in [7, 11) is 0. The molecular formula is C18H19N3O6. The highest BCUT2D eigenvalue weighted by Crippen LogP contribution is 2.29. The molecule has 0 aliphatic heterocycles. The van der Waals surface area contributed by atoms with Crippen LogP contribution in [0.3, 0.4) is 0 Å². The van der Waals surface area contributed by atoms with E-state index in [-0.39, 0.29) is 12.2 Å². The third kappa shape index (κ3) is 3.77. The molecule has 0 spiro atoms. The molecule has 3 aromatic rings. The molecule has 1 unspecified atom stereocenters. The monoisotopic (exact) mass is 373 g/mol.